The Labute approximate surface area is 69.8 Å². The Morgan fingerprint density at radius 2 is 2.44 bits per heavy atom. The van der Waals surface area contributed by atoms with Crippen molar-refractivity contribution in [1.82, 2.24) is 0 Å². The summed E-state index contributed by atoms with van der Waals surface area (Å²) in [7, 11) is 0. The molecule has 1 nitrogen and oxygen atoms in total. The maximum atomic E-state index is 5.82. The lowest BCUT2D eigenvalue weighted by atomic mass is 9.92. The number of rotatable bonds is 0. The summed E-state index contributed by atoms with van der Waals surface area (Å²) in [5.41, 5.74) is 5.82. The third-order valence-corrected chi connectivity index (χ3v) is 3.10. The summed E-state index contributed by atoms with van der Waals surface area (Å²) in [6.45, 7) is 2.21. The molecule has 0 heterocycles. The SMILES string of the molecule is CC1(I)CCC=CC1N. The van der Waals surface area contributed by atoms with Gasteiger partial charge in [0.2, 0.25) is 0 Å². The van der Waals surface area contributed by atoms with Gasteiger partial charge in [0.15, 0.2) is 0 Å². The van der Waals surface area contributed by atoms with Crippen LogP contribution in [0.3, 0.4) is 0 Å². The van der Waals surface area contributed by atoms with Gasteiger partial charge >= 0.3 is 0 Å². The first-order valence-corrected chi connectivity index (χ1v) is 4.32. The molecular weight excluding hydrogens is 225 g/mol. The second kappa shape index (κ2) is 2.58. The summed E-state index contributed by atoms with van der Waals surface area (Å²) >= 11 is 2.44. The first-order chi connectivity index (χ1) is 4.13. The first-order valence-electron chi connectivity index (χ1n) is 3.24. The van der Waals surface area contributed by atoms with Gasteiger partial charge in [-0.2, -0.15) is 0 Å². The summed E-state index contributed by atoms with van der Waals surface area (Å²) in [5.74, 6) is 0. The standard InChI is InChI=1S/C7H12IN/c1-7(8)5-3-2-4-6(7)9/h2,4,6H,3,5,9H2,1H3. The third-order valence-electron chi connectivity index (χ3n) is 1.84. The number of hydrogen-bond donors (Lipinski definition) is 1. The van der Waals surface area contributed by atoms with Crippen LogP contribution in [0.25, 0.3) is 0 Å². The van der Waals surface area contributed by atoms with E-state index in [9.17, 15) is 0 Å². The van der Waals surface area contributed by atoms with Crippen molar-refractivity contribution < 1.29 is 0 Å². The van der Waals surface area contributed by atoms with E-state index < -0.39 is 0 Å². The van der Waals surface area contributed by atoms with Gasteiger partial charge in [-0.25, -0.2) is 0 Å². The van der Waals surface area contributed by atoms with E-state index in [0.717, 1.165) is 0 Å². The molecule has 0 saturated heterocycles. The summed E-state index contributed by atoms with van der Waals surface area (Å²) in [4.78, 5) is 0. The van der Waals surface area contributed by atoms with Crippen LogP contribution in [-0.2, 0) is 0 Å². The Bertz CT molecular complexity index is 129. The van der Waals surface area contributed by atoms with Gasteiger partial charge in [0.25, 0.3) is 0 Å². The molecular formula is C7H12IN. The zero-order valence-electron chi connectivity index (χ0n) is 5.60. The Morgan fingerprint density at radius 1 is 1.78 bits per heavy atom. The monoisotopic (exact) mass is 237 g/mol. The van der Waals surface area contributed by atoms with Gasteiger partial charge < -0.3 is 5.73 Å². The van der Waals surface area contributed by atoms with Gasteiger partial charge in [-0.15, -0.1) is 0 Å². The number of allylic oxidation sites excluding steroid dienone is 1. The van der Waals surface area contributed by atoms with E-state index in [1.807, 2.05) is 0 Å². The molecule has 0 bridgehead atoms. The molecule has 52 valence electrons. The van der Waals surface area contributed by atoms with Crippen molar-refractivity contribution in [3.05, 3.63) is 12.2 Å². The minimum atomic E-state index is 0.256. The average Bonchev–Trinajstić information content (AvgIpc) is 1.77. The summed E-state index contributed by atoms with van der Waals surface area (Å²) in [6, 6.07) is 0.256. The van der Waals surface area contributed by atoms with Crippen LogP contribution in [0.4, 0.5) is 0 Å². The predicted molar refractivity (Wildman–Crippen MR) is 48.8 cm³/mol. The molecule has 0 saturated carbocycles. The molecule has 0 amide bonds. The fourth-order valence-corrected chi connectivity index (χ4v) is 1.49. The van der Waals surface area contributed by atoms with E-state index in [1.54, 1.807) is 0 Å². The molecule has 0 spiro atoms. The lowest BCUT2D eigenvalue weighted by molar-refractivity contribution is 0.540. The largest absolute Gasteiger partial charge is 0.323 e. The second-order valence-corrected chi connectivity index (χ2v) is 5.24. The van der Waals surface area contributed by atoms with Crippen LogP contribution < -0.4 is 5.73 Å². The molecule has 2 unspecified atom stereocenters. The molecule has 0 fully saturated rings. The predicted octanol–water partition coefficient (Wildman–Crippen LogP) is 1.86. The highest BCUT2D eigenvalue weighted by atomic mass is 127. The fraction of sp³-hybridized carbons (Fsp3) is 0.714. The minimum Gasteiger partial charge on any atom is -0.323 e. The quantitative estimate of drug-likeness (QED) is 0.388. The Balaban J connectivity index is 2.66. The smallest absolute Gasteiger partial charge is 0.0383 e. The Hall–Kier alpha value is 0.430. The number of nitrogens with two attached hydrogens (primary N) is 1. The van der Waals surface area contributed by atoms with Crippen molar-refractivity contribution in [2.24, 2.45) is 5.73 Å². The Kier molecular flexibility index (Phi) is 2.16. The maximum Gasteiger partial charge on any atom is 0.0383 e. The van der Waals surface area contributed by atoms with Crippen molar-refractivity contribution in [1.29, 1.82) is 0 Å². The highest BCUT2D eigenvalue weighted by Crippen LogP contribution is 2.31. The molecule has 1 aliphatic rings. The molecule has 0 aromatic carbocycles. The van der Waals surface area contributed by atoms with E-state index in [4.69, 9.17) is 5.73 Å². The molecule has 1 aliphatic carbocycles. The third kappa shape index (κ3) is 1.67. The molecule has 0 aromatic heterocycles. The van der Waals surface area contributed by atoms with Crippen LogP contribution in [0, 0.1) is 0 Å². The zero-order valence-corrected chi connectivity index (χ0v) is 7.76. The molecule has 0 radical (unpaired) electrons. The molecule has 2 heteroatoms. The number of halogens is 1. The van der Waals surface area contributed by atoms with E-state index in [2.05, 4.69) is 41.7 Å². The average molecular weight is 237 g/mol. The highest BCUT2D eigenvalue weighted by Gasteiger charge is 2.27. The molecule has 0 aliphatic heterocycles. The van der Waals surface area contributed by atoms with Gasteiger partial charge in [-0.1, -0.05) is 34.7 Å². The summed E-state index contributed by atoms with van der Waals surface area (Å²) < 4.78 is 0.298. The molecule has 0 aromatic rings. The van der Waals surface area contributed by atoms with Crippen LogP contribution in [0.1, 0.15) is 19.8 Å². The van der Waals surface area contributed by atoms with Crippen molar-refractivity contribution in [3.8, 4) is 0 Å². The van der Waals surface area contributed by atoms with Crippen LogP contribution >= 0.6 is 22.6 Å². The fourth-order valence-electron chi connectivity index (χ4n) is 0.976. The zero-order chi connectivity index (χ0) is 6.91. The van der Waals surface area contributed by atoms with Crippen LogP contribution in [0.2, 0.25) is 0 Å². The molecule has 2 N–H and O–H groups in total. The van der Waals surface area contributed by atoms with Crippen molar-refractivity contribution in [3.63, 3.8) is 0 Å². The number of alkyl halides is 1. The van der Waals surface area contributed by atoms with Crippen LogP contribution in [-0.4, -0.2) is 9.46 Å². The van der Waals surface area contributed by atoms with Gasteiger partial charge in [0, 0.05) is 9.46 Å². The normalized spacial score (nSPS) is 43.2. The Morgan fingerprint density at radius 3 is 2.78 bits per heavy atom. The van der Waals surface area contributed by atoms with Gasteiger partial charge in [0.05, 0.1) is 0 Å². The number of hydrogen-bond acceptors (Lipinski definition) is 1. The lowest BCUT2D eigenvalue weighted by Gasteiger charge is -2.30. The highest BCUT2D eigenvalue weighted by molar-refractivity contribution is 14.1. The summed E-state index contributed by atoms with van der Waals surface area (Å²) in [6.07, 6.45) is 6.68. The van der Waals surface area contributed by atoms with E-state index >= 15 is 0 Å². The second-order valence-electron chi connectivity index (χ2n) is 2.77. The maximum absolute atomic E-state index is 5.82. The van der Waals surface area contributed by atoms with Gasteiger partial charge in [-0.05, 0) is 19.8 Å². The van der Waals surface area contributed by atoms with E-state index in [1.165, 1.54) is 12.8 Å². The van der Waals surface area contributed by atoms with E-state index in [-0.39, 0.29) is 6.04 Å². The van der Waals surface area contributed by atoms with Gasteiger partial charge in [0.1, 0.15) is 0 Å². The topological polar surface area (TPSA) is 26.0 Å². The van der Waals surface area contributed by atoms with Crippen molar-refractivity contribution in [2.75, 3.05) is 0 Å². The van der Waals surface area contributed by atoms with Gasteiger partial charge in [-0.3, -0.25) is 0 Å². The lowest BCUT2D eigenvalue weighted by Crippen LogP contribution is -2.40. The minimum absolute atomic E-state index is 0.256. The van der Waals surface area contributed by atoms with Crippen LogP contribution in [0.5, 0.6) is 0 Å². The molecule has 9 heavy (non-hydrogen) atoms. The molecule has 2 atom stereocenters. The first kappa shape index (κ1) is 7.54. The van der Waals surface area contributed by atoms with Crippen molar-refractivity contribution in [2.45, 2.75) is 29.2 Å². The molecule has 1 rings (SSSR count). The van der Waals surface area contributed by atoms with Crippen molar-refractivity contribution >= 4 is 22.6 Å². The van der Waals surface area contributed by atoms with Crippen LogP contribution in [0.15, 0.2) is 12.2 Å². The summed E-state index contributed by atoms with van der Waals surface area (Å²) in [5, 5.41) is 0. The van der Waals surface area contributed by atoms with E-state index in [0.29, 0.717) is 3.42 Å².